The van der Waals surface area contributed by atoms with E-state index >= 15 is 0 Å². The first-order valence-corrected chi connectivity index (χ1v) is 9.85. The Labute approximate surface area is 157 Å². The van der Waals surface area contributed by atoms with Crippen molar-refractivity contribution in [2.75, 3.05) is 6.54 Å². The fourth-order valence-electron chi connectivity index (χ4n) is 2.82. The van der Waals surface area contributed by atoms with Gasteiger partial charge in [0.15, 0.2) is 10.7 Å². The van der Waals surface area contributed by atoms with E-state index in [0.717, 1.165) is 11.3 Å². The fourth-order valence-corrected chi connectivity index (χ4v) is 3.83. The van der Waals surface area contributed by atoms with Gasteiger partial charge in [0.2, 0.25) is 0 Å². The number of hydrogen-bond acceptors (Lipinski definition) is 6. The third-order valence-electron chi connectivity index (χ3n) is 4.87. The lowest BCUT2D eigenvalue weighted by atomic mass is 9.85. The van der Waals surface area contributed by atoms with Gasteiger partial charge in [-0.3, -0.25) is 14.3 Å². The number of rotatable bonds is 4. The summed E-state index contributed by atoms with van der Waals surface area (Å²) in [5, 5.41) is 3.89. The summed E-state index contributed by atoms with van der Waals surface area (Å²) in [5.74, 6) is -1.18. The number of carbonyl (C=O) groups excluding carboxylic acids is 2. The Hall–Kier alpha value is -2.75. The molecule has 1 aliphatic rings. The summed E-state index contributed by atoms with van der Waals surface area (Å²) in [4.78, 5) is 30.6. The summed E-state index contributed by atoms with van der Waals surface area (Å²) in [7, 11) is -2.40. The zero-order chi connectivity index (χ0) is 20.0. The van der Waals surface area contributed by atoms with Gasteiger partial charge in [0.25, 0.3) is 21.8 Å². The predicted molar refractivity (Wildman–Crippen MR) is 96.3 cm³/mol. The van der Waals surface area contributed by atoms with Crippen LogP contribution in [0.4, 0.5) is 0 Å². The number of aromatic nitrogens is 3. The number of likely N-dealkylation sites (tertiary alicyclic amines) is 1. The summed E-state index contributed by atoms with van der Waals surface area (Å²) < 4.78 is 28.4. The molecule has 0 aliphatic carbocycles. The number of nitrogens with zero attached hydrogens (tertiary/aromatic N) is 4. The molecule has 3 rings (SSSR count). The van der Waals surface area contributed by atoms with E-state index in [1.807, 2.05) is 11.6 Å². The Morgan fingerprint density at radius 3 is 2.44 bits per heavy atom. The minimum Gasteiger partial charge on any atom is -0.323 e. The van der Waals surface area contributed by atoms with E-state index < -0.39 is 27.4 Å². The summed E-state index contributed by atoms with van der Waals surface area (Å²) in [5.41, 5.74) is 0.559. The highest BCUT2D eigenvalue weighted by atomic mass is 32.2. The third-order valence-corrected chi connectivity index (χ3v) is 6.12. The SMILES string of the molecule is Cc1ccc(S(=O)(=O)NC(=O)C2(C)CCN2C(=O)c2cc(C)n(C)n2)nc1. The van der Waals surface area contributed by atoms with E-state index in [2.05, 4.69) is 10.1 Å². The Bertz CT molecular complexity index is 993. The second-order valence-electron chi connectivity index (χ2n) is 6.88. The quantitative estimate of drug-likeness (QED) is 0.814. The van der Waals surface area contributed by atoms with Crippen LogP contribution in [0.25, 0.3) is 0 Å². The summed E-state index contributed by atoms with van der Waals surface area (Å²) in [6, 6.07) is 4.55. The number of sulfonamides is 1. The number of pyridine rings is 1. The number of amides is 2. The maximum absolute atomic E-state index is 12.7. The van der Waals surface area contributed by atoms with Crippen LogP contribution in [0.15, 0.2) is 29.4 Å². The van der Waals surface area contributed by atoms with Crippen LogP contribution in [0.3, 0.4) is 0 Å². The number of hydrogen-bond donors (Lipinski definition) is 1. The Kier molecular flexibility index (Phi) is 4.54. The molecule has 144 valence electrons. The van der Waals surface area contributed by atoms with Gasteiger partial charge in [0.1, 0.15) is 5.54 Å². The molecule has 1 N–H and O–H groups in total. The average Bonchev–Trinajstić information content (AvgIpc) is 2.92. The molecule has 27 heavy (non-hydrogen) atoms. The fraction of sp³-hybridized carbons (Fsp3) is 0.412. The zero-order valence-electron chi connectivity index (χ0n) is 15.6. The van der Waals surface area contributed by atoms with Crippen molar-refractivity contribution in [3.8, 4) is 0 Å². The largest absolute Gasteiger partial charge is 0.323 e. The van der Waals surface area contributed by atoms with E-state index in [-0.39, 0.29) is 10.7 Å². The monoisotopic (exact) mass is 391 g/mol. The molecule has 3 heterocycles. The molecule has 0 aromatic carbocycles. The predicted octanol–water partition coefficient (Wildman–Crippen LogP) is 0.542. The van der Waals surface area contributed by atoms with Gasteiger partial charge in [-0.15, -0.1) is 0 Å². The smallest absolute Gasteiger partial charge is 0.281 e. The molecule has 0 spiro atoms. The first-order valence-electron chi connectivity index (χ1n) is 8.37. The molecule has 9 nitrogen and oxygen atoms in total. The van der Waals surface area contributed by atoms with Crippen LogP contribution in [0.2, 0.25) is 0 Å². The number of aryl methyl sites for hydroxylation is 3. The van der Waals surface area contributed by atoms with Crippen molar-refractivity contribution in [1.29, 1.82) is 0 Å². The minimum atomic E-state index is -4.12. The zero-order valence-corrected chi connectivity index (χ0v) is 16.4. The maximum Gasteiger partial charge on any atom is 0.281 e. The molecule has 1 saturated heterocycles. The molecule has 0 radical (unpaired) electrons. The van der Waals surface area contributed by atoms with Gasteiger partial charge in [0.05, 0.1) is 0 Å². The van der Waals surface area contributed by atoms with Crippen LogP contribution in [-0.4, -0.2) is 52.0 Å². The van der Waals surface area contributed by atoms with Crippen molar-refractivity contribution in [3.05, 3.63) is 41.3 Å². The Balaban J connectivity index is 1.79. The van der Waals surface area contributed by atoms with Crippen molar-refractivity contribution in [3.63, 3.8) is 0 Å². The van der Waals surface area contributed by atoms with Crippen LogP contribution in [0.5, 0.6) is 0 Å². The lowest BCUT2D eigenvalue weighted by Gasteiger charge is -2.48. The van der Waals surface area contributed by atoms with E-state index in [4.69, 9.17) is 0 Å². The molecule has 1 unspecified atom stereocenters. The molecule has 10 heteroatoms. The first-order chi connectivity index (χ1) is 12.5. The third kappa shape index (κ3) is 3.32. The van der Waals surface area contributed by atoms with Crippen molar-refractivity contribution >= 4 is 21.8 Å². The second kappa shape index (κ2) is 6.45. The van der Waals surface area contributed by atoms with Crippen molar-refractivity contribution < 1.29 is 18.0 Å². The van der Waals surface area contributed by atoms with Gasteiger partial charge < -0.3 is 4.90 Å². The summed E-state index contributed by atoms with van der Waals surface area (Å²) >= 11 is 0. The molecule has 1 atom stereocenters. The van der Waals surface area contributed by atoms with Crippen LogP contribution in [0.1, 0.15) is 35.1 Å². The highest BCUT2D eigenvalue weighted by molar-refractivity contribution is 7.90. The van der Waals surface area contributed by atoms with E-state index in [0.29, 0.717) is 13.0 Å². The second-order valence-corrected chi connectivity index (χ2v) is 8.51. The van der Waals surface area contributed by atoms with Crippen molar-refractivity contribution in [1.82, 2.24) is 24.4 Å². The van der Waals surface area contributed by atoms with E-state index in [1.165, 1.54) is 24.1 Å². The number of nitrogens with one attached hydrogen (secondary N) is 1. The molecule has 1 aliphatic heterocycles. The molecular formula is C17H21N5O4S. The lowest BCUT2D eigenvalue weighted by molar-refractivity contribution is -0.135. The Morgan fingerprint density at radius 1 is 1.26 bits per heavy atom. The van der Waals surface area contributed by atoms with Crippen molar-refractivity contribution in [2.45, 2.75) is 37.8 Å². The first kappa shape index (κ1) is 19.0. The molecule has 1 fully saturated rings. The van der Waals surface area contributed by atoms with Gasteiger partial charge in [0, 0.05) is 25.5 Å². The number of carbonyl (C=O) groups is 2. The highest BCUT2D eigenvalue weighted by Gasteiger charge is 2.51. The summed E-state index contributed by atoms with van der Waals surface area (Å²) in [6.45, 7) is 5.48. The van der Waals surface area contributed by atoms with Gasteiger partial charge in [-0.25, -0.2) is 9.71 Å². The average molecular weight is 391 g/mol. The van der Waals surface area contributed by atoms with E-state index in [9.17, 15) is 18.0 Å². The normalized spacial score (nSPS) is 19.5. The van der Waals surface area contributed by atoms with Crippen LogP contribution >= 0.6 is 0 Å². The lowest BCUT2D eigenvalue weighted by Crippen LogP contribution is -2.67. The highest BCUT2D eigenvalue weighted by Crippen LogP contribution is 2.32. The van der Waals surface area contributed by atoms with Crippen molar-refractivity contribution in [2.24, 2.45) is 7.05 Å². The molecule has 0 bridgehead atoms. The molecule has 0 saturated carbocycles. The van der Waals surface area contributed by atoms with Gasteiger partial charge in [-0.05, 0) is 44.9 Å². The van der Waals surface area contributed by atoms with E-state index in [1.54, 1.807) is 30.8 Å². The topological polar surface area (TPSA) is 114 Å². The van der Waals surface area contributed by atoms with Crippen LogP contribution < -0.4 is 4.72 Å². The summed E-state index contributed by atoms with van der Waals surface area (Å²) in [6.07, 6.45) is 1.76. The molecular weight excluding hydrogens is 370 g/mol. The van der Waals surface area contributed by atoms with Crippen LogP contribution in [0, 0.1) is 13.8 Å². The van der Waals surface area contributed by atoms with Gasteiger partial charge in [-0.1, -0.05) is 6.07 Å². The standard InChI is InChI=1S/C17H21N5O4S/c1-11-5-6-14(18-10-11)27(25,26)20-16(24)17(3)7-8-22(17)15(23)13-9-12(2)21(4)19-13/h5-6,9-10H,7-8H2,1-4H3,(H,20,24). The van der Waals surface area contributed by atoms with Gasteiger partial charge in [-0.2, -0.15) is 13.5 Å². The molecule has 2 aromatic rings. The Morgan fingerprint density at radius 2 is 1.96 bits per heavy atom. The van der Waals surface area contributed by atoms with Crippen LogP contribution in [-0.2, 0) is 21.9 Å². The minimum absolute atomic E-state index is 0.219. The molecule has 2 aromatic heterocycles. The molecule has 2 amide bonds. The van der Waals surface area contributed by atoms with Gasteiger partial charge >= 0.3 is 0 Å². The maximum atomic E-state index is 12.7.